The third-order valence-corrected chi connectivity index (χ3v) is 5.61. The highest BCUT2D eigenvalue weighted by atomic mass is 32.2. The van der Waals surface area contributed by atoms with Gasteiger partial charge in [0.25, 0.3) is 0 Å². The Morgan fingerprint density at radius 2 is 2.00 bits per heavy atom. The minimum absolute atomic E-state index is 0.0400. The molecular weight excluding hydrogens is 262 g/mol. The molecule has 0 atom stereocenters. The molecule has 0 heterocycles. The molecule has 4 nitrogen and oxygen atoms in total. The van der Waals surface area contributed by atoms with Gasteiger partial charge in [-0.3, -0.25) is 0 Å². The monoisotopic (exact) mass is 283 g/mol. The lowest BCUT2D eigenvalue weighted by Gasteiger charge is -2.16. The van der Waals surface area contributed by atoms with E-state index in [4.69, 9.17) is 0 Å². The van der Waals surface area contributed by atoms with Crippen LogP contribution in [0, 0.1) is 5.41 Å². The number of nitrogens with one attached hydrogen (secondary N) is 1. The van der Waals surface area contributed by atoms with Gasteiger partial charge in [0.2, 0.25) is 0 Å². The summed E-state index contributed by atoms with van der Waals surface area (Å²) < 4.78 is 24.3. The molecule has 0 spiro atoms. The molecule has 2 N–H and O–H groups in total. The minimum Gasteiger partial charge on any atom is -0.396 e. The largest absolute Gasteiger partial charge is 0.396 e. The summed E-state index contributed by atoms with van der Waals surface area (Å²) in [5.41, 5.74) is 0.609. The molecule has 5 heteroatoms. The second-order valence-electron chi connectivity index (χ2n) is 5.33. The third-order valence-electron chi connectivity index (χ3n) is 3.64. The van der Waals surface area contributed by atoms with Gasteiger partial charge in [0, 0.05) is 12.0 Å². The second-order valence-corrected chi connectivity index (χ2v) is 7.40. The molecule has 0 amide bonds. The maximum atomic E-state index is 12.2. The maximum Gasteiger partial charge on any atom is 0.180 e. The second kappa shape index (κ2) is 5.51. The van der Waals surface area contributed by atoms with E-state index in [2.05, 4.69) is 5.32 Å². The van der Waals surface area contributed by atoms with Gasteiger partial charge in [0.05, 0.1) is 22.9 Å². The summed E-state index contributed by atoms with van der Waals surface area (Å²) in [7, 11) is -3.22. The van der Waals surface area contributed by atoms with Gasteiger partial charge < -0.3 is 10.4 Å². The predicted octanol–water partition coefficient (Wildman–Crippen LogP) is 2.05. The maximum absolute atomic E-state index is 12.2. The molecule has 0 bridgehead atoms. The smallest absolute Gasteiger partial charge is 0.180 e. The average Bonchev–Trinajstić information content (AvgIpc) is 3.17. The number of para-hydroxylation sites is 1. The fourth-order valence-corrected chi connectivity index (χ4v) is 3.63. The number of rotatable bonds is 7. The average molecular weight is 283 g/mol. The van der Waals surface area contributed by atoms with Gasteiger partial charge in [-0.1, -0.05) is 19.1 Å². The highest BCUT2D eigenvalue weighted by Gasteiger charge is 2.41. The molecule has 19 heavy (non-hydrogen) atoms. The van der Waals surface area contributed by atoms with Crippen LogP contribution in [0.25, 0.3) is 0 Å². The van der Waals surface area contributed by atoms with Crippen molar-refractivity contribution in [2.75, 3.05) is 24.2 Å². The topological polar surface area (TPSA) is 66.4 Å². The summed E-state index contributed by atoms with van der Waals surface area (Å²) in [6, 6.07) is 7.00. The van der Waals surface area contributed by atoms with Crippen molar-refractivity contribution in [3.8, 4) is 0 Å². The van der Waals surface area contributed by atoms with Gasteiger partial charge in [-0.25, -0.2) is 8.42 Å². The van der Waals surface area contributed by atoms with E-state index in [1.54, 1.807) is 18.2 Å². The quantitative estimate of drug-likeness (QED) is 0.804. The summed E-state index contributed by atoms with van der Waals surface area (Å²) in [5, 5.41) is 12.5. The number of anilines is 1. The van der Waals surface area contributed by atoms with Crippen LogP contribution in [-0.2, 0) is 9.84 Å². The summed E-state index contributed by atoms with van der Waals surface area (Å²) in [6.07, 6.45) is 2.61. The Morgan fingerprint density at radius 3 is 2.58 bits per heavy atom. The molecule has 0 radical (unpaired) electrons. The van der Waals surface area contributed by atoms with Crippen molar-refractivity contribution >= 4 is 15.5 Å². The number of aliphatic hydroxyl groups is 1. The van der Waals surface area contributed by atoms with Crippen LogP contribution < -0.4 is 5.32 Å². The Kier molecular flexibility index (Phi) is 4.16. The fraction of sp³-hybridized carbons (Fsp3) is 0.571. The first-order valence-electron chi connectivity index (χ1n) is 6.69. The zero-order valence-corrected chi connectivity index (χ0v) is 12.0. The molecule has 1 aliphatic rings. The Labute approximate surface area is 114 Å². The minimum atomic E-state index is -3.22. The van der Waals surface area contributed by atoms with Crippen LogP contribution in [0.5, 0.6) is 0 Å². The van der Waals surface area contributed by atoms with E-state index in [1.807, 2.05) is 13.0 Å². The standard InChI is InChI=1S/C14H21NO3S/c1-2-9-19(17,18)13-6-4-3-5-12(13)15-10-14(11-16)7-8-14/h3-6,15-16H,2,7-11H2,1H3. The molecule has 106 valence electrons. The molecule has 1 aromatic carbocycles. The van der Waals surface area contributed by atoms with Crippen molar-refractivity contribution in [2.45, 2.75) is 31.1 Å². The van der Waals surface area contributed by atoms with Crippen molar-refractivity contribution in [3.63, 3.8) is 0 Å². The van der Waals surface area contributed by atoms with E-state index in [1.165, 1.54) is 0 Å². The Bertz CT molecular complexity index is 535. The van der Waals surface area contributed by atoms with Gasteiger partial charge in [0.15, 0.2) is 9.84 Å². The number of aliphatic hydroxyl groups excluding tert-OH is 1. The molecule has 0 aromatic heterocycles. The van der Waals surface area contributed by atoms with E-state index >= 15 is 0 Å². The molecule has 0 unspecified atom stereocenters. The van der Waals surface area contributed by atoms with Crippen LogP contribution in [0.2, 0.25) is 0 Å². The summed E-state index contributed by atoms with van der Waals surface area (Å²) in [6.45, 7) is 2.64. The molecule has 0 aliphatic heterocycles. The molecule has 1 aromatic rings. The molecule has 1 saturated carbocycles. The summed E-state index contributed by atoms with van der Waals surface area (Å²) in [5.74, 6) is 0.164. The van der Waals surface area contributed by atoms with Crippen LogP contribution in [-0.4, -0.2) is 32.4 Å². The molecule has 2 rings (SSSR count). The summed E-state index contributed by atoms with van der Waals surface area (Å²) in [4.78, 5) is 0.366. The third kappa shape index (κ3) is 3.28. The van der Waals surface area contributed by atoms with Crippen LogP contribution in [0.3, 0.4) is 0 Å². The SMILES string of the molecule is CCCS(=O)(=O)c1ccccc1NCC1(CO)CC1. The normalized spacial score (nSPS) is 17.2. The predicted molar refractivity (Wildman–Crippen MR) is 76.0 cm³/mol. The van der Waals surface area contributed by atoms with Crippen molar-refractivity contribution in [1.29, 1.82) is 0 Å². The number of sulfone groups is 1. The van der Waals surface area contributed by atoms with E-state index in [0.29, 0.717) is 23.5 Å². The van der Waals surface area contributed by atoms with Crippen molar-refractivity contribution < 1.29 is 13.5 Å². The van der Waals surface area contributed by atoms with Crippen LogP contribution in [0.1, 0.15) is 26.2 Å². The van der Waals surface area contributed by atoms with Crippen LogP contribution in [0.15, 0.2) is 29.2 Å². The number of hydrogen-bond donors (Lipinski definition) is 2. The first-order chi connectivity index (χ1) is 9.03. The van der Waals surface area contributed by atoms with Gasteiger partial charge >= 0.3 is 0 Å². The fourth-order valence-electron chi connectivity index (χ4n) is 2.11. The first-order valence-corrected chi connectivity index (χ1v) is 8.35. The number of hydrogen-bond acceptors (Lipinski definition) is 4. The molecule has 1 aliphatic carbocycles. The molecule has 1 fully saturated rings. The van der Waals surface area contributed by atoms with Crippen molar-refractivity contribution in [2.24, 2.45) is 5.41 Å². The first kappa shape index (κ1) is 14.3. The van der Waals surface area contributed by atoms with Gasteiger partial charge in [-0.05, 0) is 31.4 Å². The highest BCUT2D eigenvalue weighted by molar-refractivity contribution is 7.91. The van der Waals surface area contributed by atoms with Crippen molar-refractivity contribution in [3.05, 3.63) is 24.3 Å². The van der Waals surface area contributed by atoms with Crippen LogP contribution in [0.4, 0.5) is 5.69 Å². The Hall–Kier alpha value is -1.07. The van der Waals surface area contributed by atoms with Gasteiger partial charge in [-0.2, -0.15) is 0 Å². The van der Waals surface area contributed by atoms with Crippen molar-refractivity contribution in [1.82, 2.24) is 0 Å². The van der Waals surface area contributed by atoms with E-state index < -0.39 is 9.84 Å². The Morgan fingerprint density at radius 1 is 1.32 bits per heavy atom. The lowest BCUT2D eigenvalue weighted by molar-refractivity contribution is 0.219. The van der Waals surface area contributed by atoms with E-state index in [9.17, 15) is 13.5 Å². The zero-order chi connectivity index (χ0) is 13.9. The van der Waals surface area contributed by atoms with E-state index in [0.717, 1.165) is 12.8 Å². The zero-order valence-electron chi connectivity index (χ0n) is 11.2. The summed E-state index contributed by atoms with van der Waals surface area (Å²) >= 11 is 0. The highest BCUT2D eigenvalue weighted by Crippen LogP contribution is 2.45. The van der Waals surface area contributed by atoms with Gasteiger partial charge in [0.1, 0.15) is 0 Å². The molecular formula is C14H21NO3S. The van der Waals surface area contributed by atoms with E-state index in [-0.39, 0.29) is 17.8 Å². The lowest BCUT2D eigenvalue weighted by atomic mass is 10.1. The molecule has 0 saturated heterocycles. The van der Waals surface area contributed by atoms with Gasteiger partial charge in [-0.15, -0.1) is 0 Å². The Balaban J connectivity index is 2.17. The van der Waals surface area contributed by atoms with Crippen LogP contribution >= 0.6 is 0 Å². The lowest BCUT2D eigenvalue weighted by Crippen LogP contribution is -2.20. The number of benzene rings is 1.